The predicted octanol–water partition coefficient (Wildman–Crippen LogP) is 2.42. The Hall–Kier alpha value is -1.75. The molecule has 0 aromatic heterocycles. The van der Waals surface area contributed by atoms with Crippen molar-refractivity contribution in [2.45, 2.75) is 26.3 Å². The fourth-order valence-electron chi connectivity index (χ4n) is 1.69. The lowest BCUT2D eigenvalue weighted by molar-refractivity contribution is -0.146. The van der Waals surface area contributed by atoms with Gasteiger partial charge in [-0.3, -0.25) is 4.79 Å². The minimum Gasteiger partial charge on any atom is -0.493 e. The van der Waals surface area contributed by atoms with Crippen LogP contribution in [0.15, 0.2) is 24.3 Å². The van der Waals surface area contributed by atoms with Crippen molar-refractivity contribution in [1.82, 2.24) is 5.32 Å². The first-order chi connectivity index (χ1) is 9.93. The minimum absolute atomic E-state index is 0.0461. The number of nitrogens with one attached hydrogen (secondary N) is 1. The van der Waals surface area contributed by atoms with Gasteiger partial charge in [-0.1, -0.05) is 31.5 Å². The van der Waals surface area contributed by atoms with Gasteiger partial charge < -0.3 is 14.8 Å². The first kappa shape index (κ1) is 17.3. The van der Waals surface area contributed by atoms with E-state index in [2.05, 4.69) is 10.1 Å². The Labute approximate surface area is 129 Å². The van der Waals surface area contributed by atoms with Crippen molar-refractivity contribution in [3.8, 4) is 5.75 Å². The molecule has 21 heavy (non-hydrogen) atoms. The highest BCUT2D eigenvalue weighted by Gasteiger charge is 2.24. The molecule has 1 rings (SSSR count). The van der Waals surface area contributed by atoms with Gasteiger partial charge in [0.2, 0.25) is 5.91 Å². The molecule has 0 saturated carbocycles. The Bertz CT molecular complexity index is 490. The van der Waals surface area contributed by atoms with Crippen LogP contribution in [0, 0.1) is 5.92 Å². The number of methoxy groups -OCH3 is 1. The van der Waals surface area contributed by atoms with Crippen molar-refractivity contribution in [2.24, 2.45) is 5.92 Å². The van der Waals surface area contributed by atoms with E-state index in [0.29, 0.717) is 10.8 Å². The molecule has 1 aromatic carbocycles. The number of halogens is 1. The van der Waals surface area contributed by atoms with Crippen LogP contribution in [0.4, 0.5) is 0 Å². The normalized spacial score (nSPS) is 11.9. The summed E-state index contributed by atoms with van der Waals surface area (Å²) >= 11 is 5.83. The lowest BCUT2D eigenvalue weighted by atomic mass is 10.0. The molecule has 0 bridgehead atoms. The summed E-state index contributed by atoms with van der Waals surface area (Å²) in [7, 11) is 1.30. The van der Waals surface area contributed by atoms with E-state index in [-0.39, 0.29) is 24.9 Å². The van der Waals surface area contributed by atoms with Gasteiger partial charge in [0.1, 0.15) is 11.8 Å². The smallest absolute Gasteiger partial charge is 0.328 e. The van der Waals surface area contributed by atoms with Gasteiger partial charge in [-0.15, -0.1) is 0 Å². The molecule has 116 valence electrons. The molecule has 0 aliphatic carbocycles. The third kappa shape index (κ3) is 6.04. The van der Waals surface area contributed by atoms with Gasteiger partial charge in [0.25, 0.3) is 0 Å². The average Bonchev–Trinajstić information content (AvgIpc) is 2.43. The molecule has 0 heterocycles. The van der Waals surface area contributed by atoms with Gasteiger partial charge in [-0.2, -0.15) is 0 Å². The summed E-state index contributed by atoms with van der Waals surface area (Å²) in [6.07, 6.45) is 0.146. The highest BCUT2D eigenvalue weighted by Crippen LogP contribution is 2.17. The van der Waals surface area contributed by atoms with E-state index in [1.807, 2.05) is 13.8 Å². The maximum atomic E-state index is 11.8. The van der Waals surface area contributed by atoms with Gasteiger partial charge in [0, 0.05) is 5.02 Å². The number of ether oxygens (including phenoxy) is 2. The van der Waals surface area contributed by atoms with E-state index >= 15 is 0 Å². The van der Waals surface area contributed by atoms with E-state index in [4.69, 9.17) is 16.3 Å². The minimum atomic E-state index is -0.645. The molecule has 1 N–H and O–H groups in total. The third-order valence-electron chi connectivity index (χ3n) is 2.83. The summed E-state index contributed by atoms with van der Waals surface area (Å²) in [5.74, 6) is -0.158. The molecule has 0 aliphatic rings. The molecule has 1 unspecified atom stereocenters. The summed E-state index contributed by atoms with van der Waals surface area (Å²) in [6, 6.07) is 6.29. The quantitative estimate of drug-likeness (QED) is 0.785. The second-order valence-corrected chi connectivity index (χ2v) is 5.30. The van der Waals surface area contributed by atoms with Crippen LogP contribution in [-0.2, 0) is 14.3 Å². The Morgan fingerprint density at radius 1 is 1.33 bits per heavy atom. The van der Waals surface area contributed by atoms with E-state index in [1.54, 1.807) is 24.3 Å². The summed E-state index contributed by atoms with van der Waals surface area (Å²) < 4.78 is 10.1. The van der Waals surface area contributed by atoms with E-state index in [1.165, 1.54) is 7.11 Å². The number of benzene rings is 1. The zero-order chi connectivity index (χ0) is 15.8. The summed E-state index contributed by atoms with van der Waals surface area (Å²) in [4.78, 5) is 23.3. The van der Waals surface area contributed by atoms with Crippen LogP contribution in [0.25, 0.3) is 0 Å². The SMILES string of the molecule is COC(=O)C(NC(=O)CCOc1cccc(Cl)c1)C(C)C. The number of esters is 1. The summed E-state index contributed by atoms with van der Waals surface area (Å²) in [5.41, 5.74) is 0. The molecule has 0 saturated heterocycles. The molecule has 0 fully saturated rings. The number of hydrogen-bond donors (Lipinski definition) is 1. The van der Waals surface area contributed by atoms with Crippen LogP contribution in [0.5, 0.6) is 5.75 Å². The van der Waals surface area contributed by atoms with Crippen molar-refractivity contribution in [1.29, 1.82) is 0 Å². The second-order valence-electron chi connectivity index (χ2n) is 4.87. The van der Waals surface area contributed by atoms with Crippen LogP contribution in [0.3, 0.4) is 0 Å². The van der Waals surface area contributed by atoms with Crippen LogP contribution < -0.4 is 10.1 Å². The van der Waals surface area contributed by atoms with Crippen molar-refractivity contribution in [2.75, 3.05) is 13.7 Å². The lowest BCUT2D eigenvalue weighted by Gasteiger charge is -2.19. The van der Waals surface area contributed by atoms with Crippen LogP contribution in [0.2, 0.25) is 5.02 Å². The first-order valence-corrected chi connectivity index (χ1v) is 7.07. The van der Waals surface area contributed by atoms with Crippen molar-refractivity contribution < 1.29 is 19.1 Å². The highest BCUT2D eigenvalue weighted by molar-refractivity contribution is 6.30. The Morgan fingerprint density at radius 2 is 2.05 bits per heavy atom. The molecular formula is C15H20ClNO4. The highest BCUT2D eigenvalue weighted by atomic mass is 35.5. The monoisotopic (exact) mass is 313 g/mol. The first-order valence-electron chi connectivity index (χ1n) is 6.69. The third-order valence-corrected chi connectivity index (χ3v) is 3.07. The number of rotatable bonds is 7. The molecule has 1 aromatic rings. The topological polar surface area (TPSA) is 64.6 Å². The Balaban J connectivity index is 2.41. The average molecular weight is 314 g/mol. The number of carbonyl (C=O) groups is 2. The Kier molecular flexibility index (Phi) is 7.02. The summed E-state index contributed by atoms with van der Waals surface area (Å²) in [6.45, 7) is 3.88. The maximum Gasteiger partial charge on any atom is 0.328 e. The van der Waals surface area contributed by atoms with Crippen LogP contribution >= 0.6 is 11.6 Å². The fourth-order valence-corrected chi connectivity index (χ4v) is 1.87. The molecular weight excluding hydrogens is 294 g/mol. The van der Waals surface area contributed by atoms with Gasteiger partial charge in [0.15, 0.2) is 0 Å². The molecule has 1 amide bonds. The molecule has 6 heteroatoms. The molecule has 0 radical (unpaired) electrons. The van der Waals surface area contributed by atoms with Crippen molar-refractivity contribution >= 4 is 23.5 Å². The molecule has 0 spiro atoms. The van der Waals surface area contributed by atoms with Crippen LogP contribution in [-0.4, -0.2) is 31.6 Å². The van der Waals surface area contributed by atoms with E-state index in [0.717, 1.165) is 0 Å². The standard InChI is InChI=1S/C15H20ClNO4/c1-10(2)14(15(19)20-3)17-13(18)7-8-21-12-6-4-5-11(16)9-12/h4-6,9-10,14H,7-8H2,1-3H3,(H,17,18). The molecule has 0 aliphatic heterocycles. The zero-order valence-electron chi connectivity index (χ0n) is 12.4. The van der Waals surface area contributed by atoms with Gasteiger partial charge >= 0.3 is 5.97 Å². The number of amides is 1. The Morgan fingerprint density at radius 3 is 2.62 bits per heavy atom. The number of hydrogen-bond acceptors (Lipinski definition) is 4. The van der Waals surface area contributed by atoms with E-state index in [9.17, 15) is 9.59 Å². The van der Waals surface area contributed by atoms with Crippen LogP contribution in [0.1, 0.15) is 20.3 Å². The molecule has 1 atom stereocenters. The maximum absolute atomic E-state index is 11.8. The molecule has 5 nitrogen and oxygen atoms in total. The van der Waals surface area contributed by atoms with Gasteiger partial charge in [0.05, 0.1) is 20.1 Å². The predicted molar refractivity (Wildman–Crippen MR) is 80.3 cm³/mol. The van der Waals surface area contributed by atoms with E-state index < -0.39 is 12.0 Å². The van der Waals surface area contributed by atoms with Crippen molar-refractivity contribution in [3.05, 3.63) is 29.3 Å². The summed E-state index contributed by atoms with van der Waals surface area (Å²) in [5, 5.41) is 3.22. The number of carbonyl (C=O) groups excluding carboxylic acids is 2. The van der Waals surface area contributed by atoms with Gasteiger partial charge in [-0.05, 0) is 24.1 Å². The lowest BCUT2D eigenvalue weighted by Crippen LogP contribution is -2.45. The fraction of sp³-hybridized carbons (Fsp3) is 0.467. The largest absolute Gasteiger partial charge is 0.493 e. The zero-order valence-corrected chi connectivity index (χ0v) is 13.1. The van der Waals surface area contributed by atoms with Gasteiger partial charge in [-0.25, -0.2) is 4.79 Å². The van der Waals surface area contributed by atoms with Crippen molar-refractivity contribution in [3.63, 3.8) is 0 Å². The second kappa shape index (κ2) is 8.52.